The van der Waals surface area contributed by atoms with Gasteiger partial charge in [0.05, 0.1) is 22.9 Å². The Labute approximate surface area is 231 Å². The van der Waals surface area contributed by atoms with Gasteiger partial charge in [-0.25, -0.2) is 14.3 Å². The predicted octanol–water partition coefficient (Wildman–Crippen LogP) is 6.89. The molecule has 3 aromatic heterocycles. The summed E-state index contributed by atoms with van der Waals surface area (Å²) < 4.78 is 50.9. The monoisotopic (exact) mass is 623 g/mol. The molecule has 0 aliphatic heterocycles. The van der Waals surface area contributed by atoms with Gasteiger partial charge in [-0.3, -0.25) is 0 Å². The summed E-state index contributed by atoms with van der Waals surface area (Å²) in [6.45, 7) is 0.161. The second kappa shape index (κ2) is 9.21. The largest absolute Gasteiger partial charge is 0.418 e. The van der Waals surface area contributed by atoms with Gasteiger partial charge >= 0.3 is 6.18 Å². The summed E-state index contributed by atoms with van der Waals surface area (Å²) in [6, 6.07) is 12.4. The van der Waals surface area contributed by atoms with Crippen LogP contribution in [0.25, 0.3) is 28.5 Å². The molecule has 0 unspecified atom stereocenters. The zero-order chi connectivity index (χ0) is 26.7. The summed E-state index contributed by atoms with van der Waals surface area (Å²) in [5.74, 6) is -0.621. The van der Waals surface area contributed by atoms with E-state index in [1.807, 2.05) is 24.3 Å². The van der Waals surface area contributed by atoms with Crippen LogP contribution in [0.4, 0.5) is 13.2 Å². The van der Waals surface area contributed by atoms with Crippen molar-refractivity contribution in [3.63, 3.8) is 0 Å². The lowest BCUT2D eigenvalue weighted by atomic mass is 10.0. The van der Waals surface area contributed by atoms with Crippen LogP contribution in [0, 0.1) is 0 Å². The number of hydrogen-bond acceptors (Lipinski definition) is 6. The maximum atomic E-state index is 13.7. The van der Waals surface area contributed by atoms with Gasteiger partial charge in [0.25, 0.3) is 5.89 Å². The minimum Gasteiger partial charge on any atom is -0.418 e. The van der Waals surface area contributed by atoms with Crippen molar-refractivity contribution in [3.05, 3.63) is 81.1 Å². The number of halogens is 6. The van der Waals surface area contributed by atoms with E-state index >= 15 is 0 Å². The summed E-state index contributed by atoms with van der Waals surface area (Å²) in [5.41, 5.74) is 0.484. The second-order valence-electron chi connectivity index (χ2n) is 8.78. The smallest absolute Gasteiger partial charge is 0.403 e. The van der Waals surface area contributed by atoms with Crippen molar-refractivity contribution >= 4 is 39.1 Å². The Bertz CT molecular complexity index is 1630. The van der Waals surface area contributed by atoms with Crippen LogP contribution in [0.1, 0.15) is 24.3 Å². The molecule has 6 rings (SSSR count). The zero-order valence-corrected chi connectivity index (χ0v) is 22.2. The molecule has 1 aliphatic carbocycles. The molecule has 0 saturated heterocycles. The summed E-state index contributed by atoms with van der Waals surface area (Å²) in [4.78, 5) is 4.00. The molecule has 1 fully saturated rings. The van der Waals surface area contributed by atoms with E-state index in [0.29, 0.717) is 27.0 Å². The van der Waals surface area contributed by atoms with Gasteiger partial charge in [0.15, 0.2) is 5.69 Å². The van der Waals surface area contributed by atoms with E-state index in [-0.39, 0.29) is 31.0 Å². The molecule has 0 N–H and O–H groups in total. The topological polar surface area (TPSA) is 87.5 Å². The Morgan fingerprint density at radius 2 is 1.82 bits per heavy atom. The van der Waals surface area contributed by atoms with Crippen LogP contribution in [-0.4, -0.2) is 40.9 Å². The van der Waals surface area contributed by atoms with Crippen molar-refractivity contribution in [2.24, 2.45) is 0 Å². The molecule has 14 heteroatoms. The van der Waals surface area contributed by atoms with Gasteiger partial charge in [0, 0.05) is 20.6 Å². The predicted molar refractivity (Wildman–Crippen MR) is 136 cm³/mol. The molecule has 5 aromatic rings. The molecule has 1 aliphatic rings. The van der Waals surface area contributed by atoms with Crippen molar-refractivity contribution in [3.8, 4) is 28.5 Å². The van der Waals surface area contributed by atoms with Crippen molar-refractivity contribution in [1.29, 1.82) is 0 Å². The van der Waals surface area contributed by atoms with Gasteiger partial charge in [0.1, 0.15) is 18.1 Å². The summed E-state index contributed by atoms with van der Waals surface area (Å²) in [6.07, 6.45) is -1.82. The van der Waals surface area contributed by atoms with Crippen LogP contribution in [0.3, 0.4) is 0 Å². The van der Waals surface area contributed by atoms with Crippen LogP contribution < -0.4 is 0 Å². The molecule has 2 aromatic carbocycles. The first-order valence-electron chi connectivity index (χ1n) is 11.2. The fraction of sp³-hybridized carbons (Fsp3) is 0.208. The lowest BCUT2D eigenvalue weighted by molar-refractivity contribution is -0.165. The van der Waals surface area contributed by atoms with E-state index in [1.165, 1.54) is 12.7 Å². The van der Waals surface area contributed by atoms with Crippen LogP contribution in [0.2, 0.25) is 10.0 Å². The maximum Gasteiger partial charge on any atom is 0.403 e. The van der Waals surface area contributed by atoms with Gasteiger partial charge in [-0.05, 0) is 43.2 Å². The first kappa shape index (κ1) is 25.1. The molecule has 38 heavy (non-hydrogen) atoms. The highest BCUT2D eigenvalue weighted by Gasteiger charge is 2.68. The maximum absolute atomic E-state index is 13.7. The standard InChI is InChI=1S/C24H15BrCl2F3N7O/c25-14-3-1-13(2-4-14)20-16(10-36-12-31-11-32-36)19(35-37(20)18-6-5-15(26)9-17(18)27)21-33-34-22(38-21)23(7-8-23)24(28,29)30/h1-6,9,11-12H,7-8,10H2. The Balaban J connectivity index is 1.59. The molecule has 1 saturated carbocycles. The number of nitrogens with zero attached hydrogens (tertiary/aromatic N) is 7. The van der Waals surface area contributed by atoms with Crippen LogP contribution in [-0.2, 0) is 12.0 Å². The van der Waals surface area contributed by atoms with Crippen molar-refractivity contribution in [2.45, 2.75) is 31.0 Å². The summed E-state index contributed by atoms with van der Waals surface area (Å²) in [5, 5.41) is 17.5. The Morgan fingerprint density at radius 1 is 1.05 bits per heavy atom. The highest BCUT2D eigenvalue weighted by molar-refractivity contribution is 9.10. The molecular formula is C24H15BrCl2F3N7O. The average Bonchev–Trinajstić information content (AvgIpc) is 3.19. The minimum atomic E-state index is -4.50. The molecule has 3 heterocycles. The fourth-order valence-electron chi connectivity index (χ4n) is 4.24. The van der Waals surface area contributed by atoms with Crippen LogP contribution >= 0.6 is 39.1 Å². The lowest BCUT2D eigenvalue weighted by Gasteiger charge is -2.14. The summed E-state index contributed by atoms with van der Waals surface area (Å²) >= 11 is 16.1. The molecule has 194 valence electrons. The number of rotatable bonds is 6. The first-order chi connectivity index (χ1) is 18.2. The SMILES string of the molecule is FC(F)(F)C1(c2nnc(-c3nn(-c4ccc(Cl)cc4Cl)c(-c4ccc(Br)cc4)c3Cn3cncn3)o2)CC1. The highest BCUT2D eigenvalue weighted by atomic mass is 79.9. The third-order valence-electron chi connectivity index (χ3n) is 6.36. The average molecular weight is 625 g/mol. The number of alkyl halides is 3. The first-order valence-corrected chi connectivity index (χ1v) is 12.8. The zero-order valence-electron chi connectivity index (χ0n) is 19.1. The summed E-state index contributed by atoms with van der Waals surface area (Å²) in [7, 11) is 0. The minimum absolute atomic E-state index is 0.108. The second-order valence-corrected chi connectivity index (χ2v) is 10.5. The van der Waals surface area contributed by atoms with Crippen molar-refractivity contribution in [1.82, 2.24) is 34.7 Å². The normalized spacial score (nSPS) is 14.7. The van der Waals surface area contributed by atoms with E-state index in [0.717, 1.165) is 10.0 Å². The molecule has 0 atom stereocenters. The molecular weight excluding hydrogens is 610 g/mol. The Morgan fingerprint density at radius 3 is 2.45 bits per heavy atom. The molecule has 0 radical (unpaired) electrons. The van der Waals surface area contributed by atoms with E-state index < -0.39 is 17.5 Å². The van der Waals surface area contributed by atoms with Gasteiger partial charge in [0.2, 0.25) is 5.89 Å². The third-order valence-corrected chi connectivity index (χ3v) is 7.42. The molecule has 0 amide bonds. The van der Waals surface area contributed by atoms with E-state index in [4.69, 9.17) is 32.7 Å². The van der Waals surface area contributed by atoms with E-state index in [9.17, 15) is 13.2 Å². The quantitative estimate of drug-likeness (QED) is 0.204. The van der Waals surface area contributed by atoms with E-state index in [2.05, 4.69) is 36.2 Å². The van der Waals surface area contributed by atoms with Gasteiger partial charge < -0.3 is 4.42 Å². The van der Waals surface area contributed by atoms with Gasteiger partial charge in [-0.2, -0.15) is 23.4 Å². The van der Waals surface area contributed by atoms with Crippen LogP contribution in [0.15, 0.2) is 64.0 Å². The highest BCUT2D eigenvalue weighted by Crippen LogP contribution is 2.58. The van der Waals surface area contributed by atoms with E-state index in [1.54, 1.807) is 27.6 Å². The van der Waals surface area contributed by atoms with Crippen molar-refractivity contribution in [2.75, 3.05) is 0 Å². The molecule has 0 bridgehead atoms. The fourth-order valence-corrected chi connectivity index (χ4v) is 4.99. The third kappa shape index (κ3) is 4.30. The number of hydrogen-bond donors (Lipinski definition) is 0. The number of benzene rings is 2. The Hall–Kier alpha value is -3.22. The van der Waals surface area contributed by atoms with Crippen molar-refractivity contribution < 1.29 is 17.6 Å². The Kier molecular flexibility index (Phi) is 6.08. The van der Waals surface area contributed by atoms with Gasteiger partial charge in [-0.1, -0.05) is 51.3 Å². The molecule has 8 nitrogen and oxygen atoms in total. The van der Waals surface area contributed by atoms with Gasteiger partial charge in [-0.15, -0.1) is 10.2 Å². The van der Waals surface area contributed by atoms with Crippen LogP contribution in [0.5, 0.6) is 0 Å². The lowest BCUT2D eigenvalue weighted by Crippen LogP contribution is -2.28. The molecule has 0 spiro atoms. The number of aromatic nitrogens is 7.